The first kappa shape index (κ1) is 14.2. The second kappa shape index (κ2) is 6.17. The summed E-state index contributed by atoms with van der Waals surface area (Å²) in [4.78, 5) is 13.6. The van der Waals surface area contributed by atoms with E-state index in [0.29, 0.717) is 13.1 Å². The number of hydrogen-bond acceptors (Lipinski definition) is 2. The van der Waals surface area contributed by atoms with Gasteiger partial charge in [0.1, 0.15) is 0 Å². The fourth-order valence-corrected chi connectivity index (χ4v) is 2.03. The molecular formula is C13H19BrN2O. The SMILES string of the molecule is Cc1ccc(Br)cc1CN(C)C(=O)C(C)CN. The van der Waals surface area contributed by atoms with Crippen LogP contribution in [0.5, 0.6) is 0 Å². The van der Waals surface area contributed by atoms with Crippen molar-refractivity contribution in [2.45, 2.75) is 20.4 Å². The summed E-state index contributed by atoms with van der Waals surface area (Å²) in [6.07, 6.45) is 0. The lowest BCUT2D eigenvalue weighted by atomic mass is 10.1. The number of aryl methyl sites for hydroxylation is 1. The van der Waals surface area contributed by atoms with Gasteiger partial charge in [0.05, 0.1) is 0 Å². The van der Waals surface area contributed by atoms with Crippen molar-refractivity contribution < 1.29 is 4.79 Å². The Morgan fingerprint density at radius 3 is 2.76 bits per heavy atom. The van der Waals surface area contributed by atoms with Gasteiger partial charge in [-0.2, -0.15) is 0 Å². The maximum absolute atomic E-state index is 11.9. The van der Waals surface area contributed by atoms with Crippen molar-refractivity contribution in [3.63, 3.8) is 0 Å². The molecule has 1 aromatic rings. The summed E-state index contributed by atoms with van der Waals surface area (Å²) in [7, 11) is 1.81. The average molecular weight is 299 g/mol. The molecule has 1 aromatic carbocycles. The first-order valence-electron chi connectivity index (χ1n) is 5.65. The average Bonchev–Trinajstić information content (AvgIpc) is 2.31. The standard InChI is InChI=1S/C13H19BrN2O/c1-9-4-5-12(14)6-11(9)8-16(3)13(17)10(2)7-15/h4-6,10H,7-8,15H2,1-3H3. The molecule has 0 aliphatic carbocycles. The van der Waals surface area contributed by atoms with Crippen molar-refractivity contribution in [3.05, 3.63) is 33.8 Å². The van der Waals surface area contributed by atoms with Gasteiger partial charge in [0.25, 0.3) is 0 Å². The molecule has 0 saturated heterocycles. The van der Waals surface area contributed by atoms with Gasteiger partial charge in [-0.3, -0.25) is 4.79 Å². The highest BCUT2D eigenvalue weighted by atomic mass is 79.9. The molecule has 17 heavy (non-hydrogen) atoms. The van der Waals surface area contributed by atoms with Crippen LogP contribution in [0.4, 0.5) is 0 Å². The highest BCUT2D eigenvalue weighted by Gasteiger charge is 2.16. The van der Waals surface area contributed by atoms with E-state index >= 15 is 0 Å². The number of benzene rings is 1. The van der Waals surface area contributed by atoms with Gasteiger partial charge < -0.3 is 10.6 Å². The molecule has 0 heterocycles. The van der Waals surface area contributed by atoms with Crippen molar-refractivity contribution in [1.29, 1.82) is 0 Å². The van der Waals surface area contributed by atoms with Crippen molar-refractivity contribution >= 4 is 21.8 Å². The van der Waals surface area contributed by atoms with Crippen molar-refractivity contribution in [2.24, 2.45) is 11.7 Å². The third kappa shape index (κ3) is 3.82. The Morgan fingerprint density at radius 2 is 2.18 bits per heavy atom. The summed E-state index contributed by atoms with van der Waals surface area (Å²) in [6.45, 7) is 4.91. The van der Waals surface area contributed by atoms with Crippen LogP contribution in [0.3, 0.4) is 0 Å². The van der Waals surface area contributed by atoms with Gasteiger partial charge in [-0.05, 0) is 30.2 Å². The van der Waals surface area contributed by atoms with Gasteiger partial charge in [0, 0.05) is 30.5 Å². The van der Waals surface area contributed by atoms with Crippen molar-refractivity contribution in [1.82, 2.24) is 4.90 Å². The monoisotopic (exact) mass is 298 g/mol. The normalized spacial score (nSPS) is 12.3. The topological polar surface area (TPSA) is 46.3 Å². The summed E-state index contributed by atoms with van der Waals surface area (Å²) in [5.41, 5.74) is 7.84. The van der Waals surface area contributed by atoms with Gasteiger partial charge in [0.15, 0.2) is 0 Å². The van der Waals surface area contributed by atoms with Crippen LogP contribution in [0.25, 0.3) is 0 Å². The Kier molecular flexibility index (Phi) is 5.15. The Morgan fingerprint density at radius 1 is 1.53 bits per heavy atom. The van der Waals surface area contributed by atoms with Crippen LogP contribution in [0.1, 0.15) is 18.1 Å². The lowest BCUT2D eigenvalue weighted by molar-refractivity contribution is -0.133. The first-order chi connectivity index (χ1) is 7.95. The number of carbonyl (C=O) groups excluding carboxylic acids is 1. The summed E-state index contributed by atoms with van der Waals surface area (Å²) in [5.74, 6) is -0.0284. The van der Waals surface area contributed by atoms with E-state index in [4.69, 9.17) is 5.73 Å². The van der Waals surface area contributed by atoms with Gasteiger partial charge in [-0.25, -0.2) is 0 Å². The number of hydrogen-bond donors (Lipinski definition) is 1. The predicted molar refractivity (Wildman–Crippen MR) is 73.6 cm³/mol. The smallest absolute Gasteiger partial charge is 0.226 e. The van der Waals surface area contributed by atoms with Crippen LogP contribution in [0.2, 0.25) is 0 Å². The zero-order chi connectivity index (χ0) is 13.0. The molecule has 0 saturated carbocycles. The molecule has 0 fully saturated rings. The van der Waals surface area contributed by atoms with E-state index in [1.165, 1.54) is 5.56 Å². The minimum Gasteiger partial charge on any atom is -0.341 e. The van der Waals surface area contributed by atoms with Crippen LogP contribution in [-0.4, -0.2) is 24.4 Å². The molecule has 1 rings (SSSR count). The quantitative estimate of drug-likeness (QED) is 0.927. The van der Waals surface area contributed by atoms with E-state index in [9.17, 15) is 4.79 Å². The molecule has 1 atom stereocenters. The highest BCUT2D eigenvalue weighted by molar-refractivity contribution is 9.10. The minimum absolute atomic E-state index is 0.0897. The Hall–Kier alpha value is -0.870. The van der Waals surface area contributed by atoms with Gasteiger partial charge in [-0.15, -0.1) is 0 Å². The maximum atomic E-state index is 11.9. The summed E-state index contributed by atoms with van der Waals surface area (Å²) in [5, 5.41) is 0. The molecule has 0 aliphatic heterocycles. The summed E-state index contributed by atoms with van der Waals surface area (Å²) >= 11 is 3.44. The molecule has 0 spiro atoms. The van der Waals surface area contributed by atoms with Crippen LogP contribution in [0, 0.1) is 12.8 Å². The largest absolute Gasteiger partial charge is 0.341 e. The Labute approximate surface area is 111 Å². The van der Waals surface area contributed by atoms with E-state index in [-0.39, 0.29) is 11.8 Å². The predicted octanol–water partition coefficient (Wildman–Crippen LogP) is 2.31. The van der Waals surface area contributed by atoms with Crippen LogP contribution in [0.15, 0.2) is 22.7 Å². The number of nitrogens with two attached hydrogens (primary N) is 1. The molecular weight excluding hydrogens is 280 g/mol. The van der Waals surface area contributed by atoms with Gasteiger partial charge >= 0.3 is 0 Å². The lowest BCUT2D eigenvalue weighted by Gasteiger charge is -2.21. The molecule has 0 aromatic heterocycles. The van der Waals surface area contributed by atoms with Gasteiger partial charge in [-0.1, -0.05) is 28.9 Å². The minimum atomic E-state index is -0.118. The third-order valence-electron chi connectivity index (χ3n) is 2.87. The number of nitrogens with zero attached hydrogens (tertiary/aromatic N) is 1. The first-order valence-corrected chi connectivity index (χ1v) is 6.45. The molecule has 3 nitrogen and oxygen atoms in total. The van der Waals surface area contributed by atoms with E-state index in [1.54, 1.807) is 4.90 Å². The zero-order valence-electron chi connectivity index (χ0n) is 10.5. The fourth-order valence-electron chi connectivity index (χ4n) is 1.62. The second-order valence-corrected chi connectivity index (χ2v) is 5.32. The Balaban J connectivity index is 2.77. The van der Waals surface area contributed by atoms with Gasteiger partial charge in [0.2, 0.25) is 5.91 Å². The molecule has 4 heteroatoms. The second-order valence-electron chi connectivity index (χ2n) is 4.40. The molecule has 1 unspecified atom stereocenters. The molecule has 2 N–H and O–H groups in total. The summed E-state index contributed by atoms with van der Waals surface area (Å²) < 4.78 is 1.03. The highest BCUT2D eigenvalue weighted by Crippen LogP contribution is 2.17. The number of carbonyl (C=O) groups is 1. The van der Waals surface area contributed by atoms with E-state index in [2.05, 4.69) is 15.9 Å². The summed E-state index contributed by atoms with van der Waals surface area (Å²) in [6, 6.07) is 6.10. The fraction of sp³-hybridized carbons (Fsp3) is 0.462. The number of halogens is 1. The Bertz CT molecular complexity index is 406. The van der Waals surface area contributed by atoms with Crippen molar-refractivity contribution in [3.8, 4) is 0 Å². The zero-order valence-corrected chi connectivity index (χ0v) is 12.1. The van der Waals surface area contributed by atoms with Crippen LogP contribution >= 0.6 is 15.9 Å². The van der Waals surface area contributed by atoms with E-state index in [1.807, 2.05) is 39.1 Å². The molecule has 0 bridgehead atoms. The molecule has 0 aliphatic rings. The van der Waals surface area contributed by atoms with Crippen LogP contribution < -0.4 is 5.73 Å². The van der Waals surface area contributed by atoms with Crippen molar-refractivity contribution in [2.75, 3.05) is 13.6 Å². The van der Waals surface area contributed by atoms with Crippen LogP contribution in [-0.2, 0) is 11.3 Å². The van der Waals surface area contributed by atoms with E-state index < -0.39 is 0 Å². The van der Waals surface area contributed by atoms with E-state index in [0.717, 1.165) is 10.0 Å². The number of rotatable bonds is 4. The third-order valence-corrected chi connectivity index (χ3v) is 3.36. The number of amides is 1. The maximum Gasteiger partial charge on any atom is 0.226 e. The molecule has 0 radical (unpaired) electrons. The molecule has 1 amide bonds. The molecule has 94 valence electrons. The lowest BCUT2D eigenvalue weighted by Crippen LogP contribution is -2.34.